The number of ether oxygens (including phenoxy) is 2. The molecule has 13 heteroatoms. The largest absolute Gasteiger partial charge is 0.462 e. The summed E-state index contributed by atoms with van der Waals surface area (Å²) in [5, 5.41) is 0.209. The minimum absolute atomic E-state index is 0.0545. The zero-order chi connectivity index (χ0) is 35.8. The van der Waals surface area contributed by atoms with Crippen LogP contribution in [0.15, 0.2) is 35.5 Å². The van der Waals surface area contributed by atoms with E-state index in [-0.39, 0.29) is 41.3 Å². The number of likely N-dealkylation sites (tertiary alicyclic amines) is 1. The molecular formula is C37H40F2N6O5. The molecule has 11 nitrogen and oxygen atoms in total. The Labute approximate surface area is 288 Å². The Morgan fingerprint density at radius 1 is 1.08 bits per heavy atom. The molecule has 3 aliphatic rings. The molecule has 0 spiro atoms. The number of hydrogen-bond donors (Lipinski definition) is 0. The van der Waals surface area contributed by atoms with Crippen LogP contribution in [0.2, 0.25) is 0 Å². The monoisotopic (exact) mass is 686 g/mol. The Morgan fingerprint density at radius 2 is 1.84 bits per heavy atom. The van der Waals surface area contributed by atoms with Gasteiger partial charge in [0.1, 0.15) is 16.8 Å². The second kappa shape index (κ2) is 12.1. The highest BCUT2D eigenvalue weighted by atomic mass is 19.2. The first-order valence-electron chi connectivity index (χ1n) is 16.8. The van der Waals surface area contributed by atoms with E-state index in [2.05, 4.69) is 21.8 Å². The van der Waals surface area contributed by atoms with Crippen LogP contribution >= 0.6 is 0 Å². The van der Waals surface area contributed by atoms with Gasteiger partial charge in [0.15, 0.2) is 11.6 Å². The third kappa shape index (κ3) is 5.47. The number of nitrogens with zero attached hydrogens (tertiary/aromatic N) is 6. The summed E-state index contributed by atoms with van der Waals surface area (Å²) in [6.45, 7) is 9.37. The fraction of sp³-hybridized carbons (Fsp3) is 0.432. The highest BCUT2D eigenvalue weighted by Crippen LogP contribution is 2.52. The molecule has 0 N–H and O–H groups in total. The predicted molar refractivity (Wildman–Crippen MR) is 186 cm³/mol. The molecule has 2 fully saturated rings. The standard InChI is InChI=1S/C37H40F2N6O5/c1-8-49-35(47)24-17-43(6)34-22(33(24)46)11-20(14-41-34)23-15-40-26-12-21-27(44(7)36(48)50-37(2,3)4)13-25(38)31(39)29(21)30(26)32(23)45-10-9-19-16-42(5)18-28(19)45/h11,13-15,17,19,28H,8-10,12,16,18H2,1-7H3/t19-,28+/m1/s1. The van der Waals surface area contributed by atoms with Gasteiger partial charge < -0.3 is 23.8 Å². The number of aryl methyl sites for hydroxylation is 1. The smallest absolute Gasteiger partial charge is 0.414 e. The lowest BCUT2D eigenvalue weighted by Gasteiger charge is -2.31. The second-order valence-corrected chi connectivity index (χ2v) is 14.4. The molecular weight excluding hydrogens is 646 g/mol. The van der Waals surface area contributed by atoms with Crippen LogP contribution in [0.4, 0.5) is 25.0 Å². The normalized spacial score (nSPS) is 18.3. The summed E-state index contributed by atoms with van der Waals surface area (Å²) >= 11 is 0. The number of benzene rings is 1. The Bertz CT molecular complexity index is 2140. The Balaban J connectivity index is 1.46. The molecule has 1 amide bonds. The summed E-state index contributed by atoms with van der Waals surface area (Å²) in [7, 11) is 5.25. The van der Waals surface area contributed by atoms with Gasteiger partial charge in [0.25, 0.3) is 0 Å². The van der Waals surface area contributed by atoms with Crippen LogP contribution in [0.1, 0.15) is 55.7 Å². The van der Waals surface area contributed by atoms with Gasteiger partial charge >= 0.3 is 12.1 Å². The molecule has 0 unspecified atom stereocenters. The summed E-state index contributed by atoms with van der Waals surface area (Å²) in [4.78, 5) is 54.7. The average Bonchev–Trinajstić information content (AvgIpc) is 3.75. The molecule has 3 aromatic heterocycles. The highest BCUT2D eigenvalue weighted by Gasteiger charge is 2.44. The molecule has 0 bridgehead atoms. The number of fused-ring (bicyclic) bond motifs is 5. The summed E-state index contributed by atoms with van der Waals surface area (Å²) in [5.74, 6) is -2.47. The maximum Gasteiger partial charge on any atom is 0.414 e. The van der Waals surface area contributed by atoms with Crippen LogP contribution in [-0.2, 0) is 22.9 Å². The van der Waals surface area contributed by atoms with E-state index in [4.69, 9.17) is 14.5 Å². The molecule has 1 aliphatic carbocycles. The van der Waals surface area contributed by atoms with E-state index >= 15 is 8.78 Å². The van der Waals surface area contributed by atoms with Gasteiger partial charge in [0.2, 0.25) is 5.43 Å². The third-order valence-electron chi connectivity index (χ3n) is 9.89. The molecule has 262 valence electrons. The van der Waals surface area contributed by atoms with Crippen molar-refractivity contribution in [2.24, 2.45) is 13.0 Å². The van der Waals surface area contributed by atoms with Gasteiger partial charge in [-0.05, 0) is 58.7 Å². The minimum atomic E-state index is -1.10. The van der Waals surface area contributed by atoms with Crippen LogP contribution in [0.25, 0.3) is 33.3 Å². The molecule has 0 radical (unpaired) electrons. The van der Waals surface area contributed by atoms with Gasteiger partial charge in [0.05, 0.1) is 29.1 Å². The molecule has 7 rings (SSSR count). The van der Waals surface area contributed by atoms with Crippen LogP contribution in [0, 0.1) is 17.6 Å². The van der Waals surface area contributed by atoms with Gasteiger partial charge in [-0.25, -0.2) is 23.4 Å². The van der Waals surface area contributed by atoms with E-state index in [0.717, 1.165) is 25.6 Å². The minimum Gasteiger partial charge on any atom is -0.462 e. The first-order valence-corrected chi connectivity index (χ1v) is 16.8. The predicted octanol–water partition coefficient (Wildman–Crippen LogP) is 5.53. The van der Waals surface area contributed by atoms with E-state index in [9.17, 15) is 14.4 Å². The zero-order valence-corrected chi connectivity index (χ0v) is 29.3. The van der Waals surface area contributed by atoms with Crippen LogP contribution < -0.4 is 15.2 Å². The van der Waals surface area contributed by atoms with Crippen molar-refractivity contribution in [1.82, 2.24) is 19.4 Å². The van der Waals surface area contributed by atoms with Crippen molar-refractivity contribution in [3.8, 4) is 22.3 Å². The fourth-order valence-corrected chi connectivity index (χ4v) is 7.75. The lowest BCUT2D eigenvalue weighted by molar-refractivity contribution is 0.0522. The first-order chi connectivity index (χ1) is 23.7. The second-order valence-electron chi connectivity index (χ2n) is 14.4. The van der Waals surface area contributed by atoms with Crippen molar-refractivity contribution >= 4 is 34.5 Å². The Morgan fingerprint density at radius 3 is 2.56 bits per heavy atom. The summed E-state index contributed by atoms with van der Waals surface area (Å²) in [6, 6.07) is 2.81. The number of pyridine rings is 3. The van der Waals surface area contributed by atoms with Crippen molar-refractivity contribution < 1.29 is 27.8 Å². The van der Waals surface area contributed by atoms with Crippen molar-refractivity contribution in [2.45, 2.75) is 52.2 Å². The maximum absolute atomic E-state index is 16.3. The molecule has 4 aromatic rings. The van der Waals surface area contributed by atoms with Gasteiger partial charge in [-0.15, -0.1) is 0 Å². The number of carbonyl (C=O) groups excluding carboxylic acids is 2. The van der Waals surface area contributed by atoms with E-state index in [1.165, 1.54) is 18.1 Å². The van der Waals surface area contributed by atoms with Gasteiger partial charge in [-0.1, -0.05) is 0 Å². The number of carbonyl (C=O) groups is 2. The number of aromatic nitrogens is 3. The summed E-state index contributed by atoms with van der Waals surface area (Å²) in [5.41, 5.74) is 2.42. The molecule has 50 heavy (non-hydrogen) atoms. The molecule has 1 aromatic carbocycles. The van der Waals surface area contributed by atoms with Gasteiger partial charge in [-0.2, -0.15) is 0 Å². The zero-order valence-electron chi connectivity index (χ0n) is 29.3. The molecule has 2 atom stereocenters. The van der Waals surface area contributed by atoms with Crippen LogP contribution in [-0.4, -0.2) is 83.5 Å². The van der Waals surface area contributed by atoms with E-state index in [1.54, 1.807) is 57.8 Å². The van der Waals surface area contributed by atoms with Crippen LogP contribution in [0.5, 0.6) is 0 Å². The Kier molecular flexibility index (Phi) is 8.16. The summed E-state index contributed by atoms with van der Waals surface area (Å²) < 4.78 is 44.2. The van der Waals surface area contributed by atoms with E-state index in [1.807, 2.05) is 0 Å². The Hall–Kier alpha value is -4.91. The number of likely N-dealkylation sites (N-methyl/N-ethyl adjacent to an activating group) is 1. The topological polar surface area (TPSA) is 110 Å². The van der Waals surface area contributed by atoms with Crippen molar-refractivity contribution in [2.75, 3.05) is 50.1 Å². The average molecular weight is 687 g/mol. The molecule has 2 aliphatic heterocycles. The first kappa shape index (κ1) is 33.6. The number of anilines is 2. The van der Waals surface area contributed by atoms with Crippen molar-refractivity contribution in [3.63, 3.8) is 0 Å². The lowest BCUT2D eigenvalue weighted by atomic mass is 9.96. The van der Waals surface area contributed by atoms with E-state index in [0.29, 0.717) is 51.7 Å². The van der Waals surface area contributed by atoms with Gasteiger partial charge in [0, 0.05) is 93.1 Å². The highest BCUT2D eigenvalue weighted by molar-refractivity contribution is 6.00. The lowest BCUT2D eigenvalue weighted by Crippen LogP contribution is -2.35. The summed E-state index contributed by atoms with van der Waals surface area (Å²) in [6.07, 6.45) is 5.12. The number of amides is 1. The SMILES string of the molecule is CCOC(=O)c1cn(C)c2ncc(-c3cnc4c(c3N3CC[C@@H]5CN(C)C[C@@H]53)-c3c(F)c(F)cc(N(C)C(=O)OC(C)(C)C)c3C4)cc2c1=O. The van der Waals surface area contributed by atoms with Crippen molar-refractivity contribution in [3.05, 3.63) is 69.4 Å². The number of esters is 1. The number of halogens is 2. The fourth-order valence-electron chi connectivity index (χ4n) is 7.75. The van der Waals surface area contributed by atoms with E-state index < -0.39 is 34.7 Å². The van der Waals surface area contributed by atoms with Crippen LogP contribution in [0.3, 0.4) is 0 Å². The van der Waals surface area contributed by atoms with Crippen molar-refractivity contribution in [1.29, 1.82) is 0 Å². The molecule has 2 saturated heterocycles. The maximum atomic E-state index is 16.3. The molecule has 5 heterocycles. The third-order valence-corrected chi connectivity index (χ3v) is 9.89. The quantitative estimate of drug-likeness (QED) is 0.221. The number of hydrogen-bond acceptors (Lipinski definition) is 9. The molecule has 0 saturated carbocycles. The van der Waals surface area contributed by atoms with Gasteiger partial charge in [-0.3, -0.25) is 14.7 Å². The number of rotatable bonds is 5.